The molecular formula is C25H27NO4S. The molecule has 0 aliphatic carbocycles. The third-order valence-electron chi connectivity index (χ3n) is 5.17. The van der Waals surface area contributed by atoms with Gasteiger partial charge in [-0.05, 0) is 65.3 Å². The minimum atomic E-state index is -3.67. The zero-order chi connectivity index (χ0) is 22.6. The minimum absolute atomic E-state index is 0.0451. The van der Waals surface area contributed by atoms with Gasteiger partial charge in [0, 0.05) is 5.69 Å². The lowest BCUT2D eigenvalue weighted by Gasteiger charge is -2.19. The maximum Gasteiger partial charge on any atom is 0.335 e. The van der Waals surface area contributed by atoms with Crippen LogP contribution in [-0.2, 0) is 28.3 Å². The van der Waals surface area contributed by atoms with Gasteiger partial charge in [-0.15, -0.1) is 0 Å². The van der Waals surface area contributed by atoms with Crippen molar-refractivity contribution in [1.29, 1.82) is 0 Å². The number of hydrogen-bond donors (Lipinski definition) is 2. The van der Waals surface area contributed by atoms with Crippen LogP contribution in [0.4, 0.5) is 5.69 Å². The van der Waals surface area contributed by atoms with Gasteiger partial charge in [-0.3, -0.25) is 4.72 Å². The number of sulfonamides is 1. The Balaban J connectivity index is 1.67. The van der Waals surface area contributed by atoms with Crippen molar-refractivity contribution in [2.75, 3.05) is 4.72 Å². The Kier molecular flexibility index (Phi) is 6.51. The molecule has 31 heavy (non-hydrogen) atoms. The average Bonchev–Trinajstić information content (AvgIpc) is 2.72. The summed E-state index contributed by atoms with van der Waals surface area (Å²) in [7, 11) is -3.67. The number of carboxylic acid groups (broad SMARTS) is 1. The molecule has 0 radical (unpaired) electrons. The van der Waals surface area contributed by atoms with Gasteiger partial charge < -0.3 is 5.11 Å². The zero-order valence-corrected chi connectivity index (χ0v) is 18.7. The van der Waals surface area contributed by atoms with Gasteiger partial charge in [0.25, 0.3) is 10.0 Å². The quantitative estimate of drug-likeness (QED) is 0.528. The molecule has 3 aromatic carbocycles. The first kappa shape index (κ1) is 22.6. The van der Waals surface area contributed by atoms with Crippen LogP contribution in [0.1, 0.15) is 47.8 Å². The smallest absolute Gasteiger partial charge is 0.335 e. The fraction of sp³-hybridized carbons (Fsp3) is 0.240. The van der Waals surface area contributed by atoms with Crippen molar-refractivity contribution in [3.63, 3.8) is 0 Å². The lowest BCUT2D eigenvalue weighted by Crippen LogP contribution is -2.15. The van der Waals surface area contributed by atoms with Gasteiger partial charge in [-0.1, -0.05) is 63.2 Å². The standard InChI is InChI=1S/C25H27NO4S/c1-25(2,3)20-12-16-22(17-13-20)31(29,30)26-21-14-9-18(10-15-21)8-11-19-6-4-5-7-23(19)24(27)28/h4-7,9-10,12-17,26H,8,11H2,1-3H3,(H,27,28). The number of anilines is 1. The molecule has 0 aromatic heterocycles. The summed E-state index contributed by atoms with van der Waals surface area (Å²) in [4.78, 5) is 11.5. The fourth-order valence-corrected chi connectivity index (χ4v) is 4.37. The van der Waals surface area contributed by atoms with Crippen LogP contribution < -0.4 is 4.72 Å². The van der Waals surface area contributed by atoms with Crippen LogP contribution in [0.2, 0.25) is 0 Å². The number of nitrogens with one attached hydrogen (secondary N) is 1. The Labute approximate surface area is 183 Å². The first-order valence-electron chi connectivity index (χ1n) is 10.1. The summed E-state index contributed by atoms with van der Waals surface area (Å²) in [5.74, 6) is -0.934. The van der Waals surface area contributed by atoms with Crippen molar-refractivity contribution in [2.45, 2.75) is 43.9 Å². The molecule has 0 atom stereocenters. The van der Waals surface area contributed by atoms with Crippen LogP contribution in [0.5, 0.6) is 0 Å². The number of hydrogen-bond acceptors (Lipinski definition) is 3. The molecule has 6 heteroatoms. The molecule has 3 aromatic rings. The lowest BCUT2D eigenvalue weighted by atomic mass is 9.87. The highest BCUT2D eigenvalue weighted by atomic mass is 32.2. The van der Waals surface area contributed by atoms with Gasteiger partial charge in [-0.2, -0.15) is 0 Å². The molecule has 0 aliphatic heterocycles. The van der Waals surface area contributed by atoms with E-state index in [1.807, 2.05) is 36.4 Å². The summed E-state index contributed by atoms with van der Waals surface area (Å²) in [6, 6.07) is 21.0. The Morgan fingerprint density at radius 2 is 1.48 bits per heavy atom. The van der Waals surface area contributed by atoms with Crippen LogP contribution in [0.15, 0.2) is 77.7 Å². The molecule has 0 saturated carbocycles. The second kappa shape index (κ2) is 8.94. The van der Waals surface area contributed by atoms with Crippen molar-refractivity contribution in [1.82, 2.24) is 0 Å². The summed E-state index contributed by atoms with van der Waals surface area (Å²) in [5, 5.41) is 9.29. The van der Waals surface area contributed by atoms with Gasteiger partial charge in [0.2, 0.25) is 0 Å². The summed E-state index contributed by atoms with van der Waals surface area (Å²) in [6.07, 6.45) is 1.25. The molecule has 0 unspecified atom stereocenters. The molecule has 2 N–H and O–H groups in total. The summed E-state index contributed by atoms with van der Waals surface area (Å²) in [6.45, 7) is 6.24. The highest BCUT2D eigenvalue weighted by molar-refractivity contribution is 7.92. The van der Waals surface area contributed by atoms with Crippen molar-refractivity contribution in [2.24, 2.45) is 0 Å². The van der Waals surface area contributed by atoms with Crippen LogP contribution >= 0.6 is 0 Å². The molecule has 162 valence electrons. The van der Waals surface area contributed by atoms with E-state index in [1.165, 1.54) is 0 Å². The molecule has 3 rings (SSSR count). The molecule has 0 spiro atoms. The van der Waals surface area contributed by atoms with E-state index >= 15 is 0 Å². The molecule has 0 aliphatic rings. The van der Waals surface area contributed by atoms with Crippen molar-refractivity contribution < 1.29 is 18.3 Å². The molecule has 0 bridgehead atoms. The summed E-state index contributed by atoms with van der Waals surface area (Å²) >= 11 is 0. The number of aryl methyl sites for hydroxylation is 2. The average molecular weight is 438 g/mol. The van der Waals surface area contributed by atoms with E-state index in [4.69, 9.17) is 0 Å². The SMILES string of the molecule is CC(C)(C)c1ccc(S(=O)(=O)Nc2ccc(CCc3ccccc3C(=O)O)cc2)cc1. The van der Waals surface area contributed by atoms with E-state index < -0.39 is 16.0 Å². The number of carbonyl (C=O) groups is 1. The maximum absolute atomic E-state index is 12.7. The second-order valence-corrected chi connectivity index (χ2v) is 10.2. The number of benzene rings is 3. The fourth-order valence-electron chi connectivity index (χ4n) is 3.31. The second-order valence-electron chi connectivity index (χ2n) is 8.54. The number of rotatable bonds is 7. The van der Waals surface area contributed by atoms with Crippen molar-refractivity contribution in [3.8, 4) is 0 Å². The molecule has 0 heterocycles. The minimum Gasteiger partial charge on any atom is -0.478 e. The largest absolute Gasteiger partial charge is 0.478 e. The molecule has 0 saturated heterocycles. The number of aromatic carboxylic acids is 1. The monoisotopic (exact) mass is 437 g/mol. The van der Waals surface area contributed by atoms with E-state index in [0.29, 0.717) is 24.1 Å². The van der Waals surface area contributed by atoms with E-state index in [-0.39, 0.29) is 10.3 Å². The predicted molar refractivity (Wildman–Crippen MR) is 123 cm³/mol. The van der Waals surface area contributed by atoms with Crippen LogP contribution in [-0.4, -0.2) is 19.5 Å². The molecule has 0 amide bonds. The first-order valence-corrected chi connectivity index (χ1v) is 11.6. The molecular weight excluding hydrogens is 410 g/mol. The highest BCUT2D eigenvalue weighted by Gasteiger charge is 2.18. The Morgan fingerprint density at radius 1 is 0.871 bits per heavy atom. The van der Waals surface area contributed by atoms with Gasteiger partial charge in [0.05, 0.1) is 10.5 Å². The van der Waals surface area contributed by atoms with Crippen molar-refractivity contribution in [3.05, 3.63) is 95.1 Å². The predicted octanol–water partition coefficient (Wildman–Crippen LogP) is 5.27. The first-order chi connectivity index (χ1) is 14.6. The highest BCUT2D eigenvalue weighted by Crippen LogP contribution is 2.24. The van der Waals surface area contributed by atoms with E-state index in [1.54, 1.807) is 36.4 Å². The number of carboxylic acids is 1. The van der Waals surface area contributed by atoms with Gasteiger partial charge in [0.15, 0.2) is 0 Å². The summed E-state index contributed by atoms with van der Waals surface area (Å²) in [5.41, 5.74) is 3.59. The van der Waals surface area contributed by atoms with E-state index in [2.05, 4.69) is 25.5 Å². The Morgan fingerprint density at radius 3 is 2.06 bits per heavy atom. The van der Waals surface area contributed by atoms with Gasteiger partial charge in [-0.25, -0.2) is 13.2 Å². The maximum atomic E-state index is 12.7. The third kappa shape index (κ3) is 5.73. The summed E-state index contributed by atoms with van der Waals surface area (Å²) < 4.78 is 28.0. The van der Waals surface area contributed by atoms with Crippen LogP contribution in [0, 0.1) is 0 Å². The Bertz CT molecular complexity index is 1160. The zero-order valence-electron chi connectivity index (χ0n) is 17.9. The molecule has 5 nitrogen and oxygen atoms in total. The Hall–Kier alpha value is -3.12. The topological polar surface area (TPSA) is 83.5 Å². The van der Waals surface area contributed by atoms with E-state index in [9.17, 15) is 18.3 Å². The van der Waals surface area contributed by atoms with Crippen molar-refractivity contribution >= 4 is 21.7 Å². The normalized spacial score (nSPS) is 11.8. The van der Waals surface area contributed by atoms with Gasteiger partial charge >= 0.3 is 5.97 Å². The molecule has 0 fully saturated rings. The van der Waals surface area contributed by atoms with E-state index in [0.717, 1.165) is 16.7 Å². The van der Waals surface area contributed by atoms with Gasteiger partial charge in [0.1, 0.15) is 0 Å². The van der Waals surface area contributed by atoms with Crippen LogP contribution in [0.25, 0.3) is 0 Å². The van der Waals surface area contributed by atoms with Crippen LogP contribution in [0.3, 0.4) is 0 Å². The lowest BCUT2D eigenvalue weighted by molar-refractivity contribution is 0.0695. The third-order valence-corrected chi connectivity index (χ3v) is 6.56.